The number of nitrogens with one attached hydrogen (secondary N) is 2. The molecule has 4 rings (SSSR count). The first kappa shape index (κ1) is 15.2. The molecule has 2 N–H and O–H groups in total. The molecule has 0 amide bonds. The Morgan fingerprint density at radius 1 is 1.04 bits per heavy atom. The summed E-state index contributed by atoms with van der Waals surface area (Å²) >= 11 is 0. The van der Waals surface area contributed by atoms with Crippen molar-refractivity contribution in [3.8, 4) is 5.75 Å². The van der Waals surface area contributed by atoms with E-state index in [1.807, 2.05) is 43.3 Å². The minimum Gasteiger partial charge on any atom is -0.497 e. The Hall–Kier alpha value is -3.34. The number of aromatic nitrogens is 2. The first-order chi connectivity index (χ1) is 12.2. The van der Waals surface area contributed by atoms with E-state index in [1.54, 1.807) is 7.11 Å². The normalized spacial score (nSPS) is 11.8. The number of rotatable bonds is 4. The molecule has 0 saturated carbocycles. The number of methoxy groups -OCH3 is 1. The highest BCUT2D eigenvalue weighted by molar-refractivity contribution is 6.02. The van der Waals surface area contributed by atoms with Crippen molar-refractivity contribution in [2.24, 2.45) is 5.10 Å². The van der Waals surface area contributed by atoms with E-state index in [-0.39, 0.29) is 0 Å². The summed E-state index contributed by atoms with van der Waals surface area (Å²) in [7, 11) is 1.68. The van der Waals surface area contributed by atoms with E-state index >= 15 is 0 Å². The van der Waals surface area contributed by atoms with Crippen LogP contribution >= 0.6 is 0 Å². The van der Waals surface area contributed by atoms with Crippen LogP contribution < -0.4 is 10.2 Å². The second-order valence-electron chi connectivity index (χ2n) is 5.84. The maximum atomic E-state index is 5.27. The van der Waals surface area contributed by atoms with Gasteiger partial charge in [-0.3, -0.25) is 0 Å². The van der Waals surface area contributed by atoms with Gasteiger partial charge in [-0.2, -0.15) is 5.10 Å². The molecule has 5 heteroatoms. The van der Waals surface area contributed by atoms with Gasteiger partial charge in [-0.1, -0.05) is 30.3 Å². The molecule has 0 spiro atoms. The van der Waals surface area contributed by atoms with E-state index in [0.717, 1.165) is 38.8 Å². The fourth-order valence-electron chi connectivity index (χ4n) is 2.78. The van der Waals surface area contributed by atoms with E-state index in [1.165, 1.54) is 0 Å². The van der Waals surface area contributed by atoms with Gasteiger partial charge in [0.2, 0.25) is 5.95 Å². The first-order valence-electron chi connectivity index (χ1n) is 8.06. The second-order valence-corrected chi connectivity index (χ2v) is 5.84. The van der Waals surface area contributed by atoms with Gasteiger partial charge in [-0.25, -0.2) is 10.4 Å². The van der Waals surface area contributed by atoms with Gasteiger partial charge >= 0.3 is 0 Å². The number of imidazole rings is 1. The third-order valence-electron chi connectivity index (χ3n) is 4.18. The summed E-state index contributed by atoms with van der Waals surface area (Å²) in [5.41, 5.74) is 6.84. The van der Waals surface area contributed by atoms with Crippen LogP contribution in [0.3, 0.4) is 0 Å². The zero-order valence-corrected chi connectivity index (χ0v) is 14.1. The fraction of sp³-hybridized carbons (Fsp3) is 0.100. The summed E-state index contributed by atoms with van der Waals surface area (Å²) in [6.07, 6.45) is 0. The topological polar surface area (TPSA) is 62.3 Å². The monoisotopic (exact) mass is 330 g/mol. The summed E-state index contributed by atoms with van der Waals surface area (Å²) in [5.74, 6) is 1.49. The van der Waals surface area contributed by atoms with Crippen molar-refractivity contribution in [3.05, 3.63) is 66.2 Å². The number of hydrogen-bond acceptors (Lipinski definition) is 4. The van der Waals surface area contributed by atoms with Gasteiger partial charge in [0.15, 0.2) is 0 Å². The Kier molecular flexibility index (Phi) is 3.82. The van der Waals surface area contributed by atoms with E-state index in [4.69, 9.17) is 4.74 Å². The fourth-order valence-corrected chi connectivity index (χ4v) is 2.78. The minimum absolute atomic E-state index is 0.631. The van der Waals surface area contributed by atoms with Gasteiger partial charge in [-0.05, 0) is 53.6 Å². The van der Waals surface area contributed by atoms with Crippen LogP contribution in [0.1, 0.15) is 12.5 Å². The smallest absolute Gasteiger partial charge is 0.222 e. The van der Waals surface area contributed by atoms with Crippen LogP contribution in [0.15, 0.2) is 65.8 Å². The molecule has 0 radical (unpaired) electrons. The van der Waals surface area contributed by atoms with Crippen LogP contribution in [0.2, 0.25) is 0 Å². The third kappa shape index (κ3) is 3.04. The zero-order chi connectivity index (χ0) is 17.2. The number of benzene rings is 3. The molecule has 0 atom stereocenters. The lowest BCUT2D eigenvalue weighted by molar-refractivity contribution is 0.415. The summed E-state index contributed by atoms with van der Waals surface area (Å²) in [6.45, 7) is 1.97. The Morgan fingerprint density at radius 3 is 2.68 bits per heavy atom. The van der Waals surface area contributed by atoms with Crippen LogP contribution in [-0.4, -0.2) is 22.8 Å². The van der Waals surface area contributed by atoms with E-state index < -0.39 is 0 Å². The molecule has 0 aliphatic heterocycles. The summed E-state index contributed by atoms with van der Waals surface area (Å²) < 4.78 is 5.27. The predicted octanol–water partition coefficient (Wildman–Crippen LogP) is 4.56. The molecule has 4 aromatic rings. The number of hydrazone groups is 1. The van der Waals surface area contributed by atoms with Gasteiger partial charge in [0.1, 0.15) is 5.75 Å². The van der Waals surface area contributed by atoms with Crippen molar-refractivity contribution in [1.29, 1.82) is 0 Å². The molecule has 0 bridgehead atoms. The number of anilines is 1. The number of para-hydroxylation sites is 2. The van der Waals surface area contributed by atoms with Gasteiger partial charge in [0.25, 0.3) is 0 Å². The van der Waals surface area contributed by atoms with Gasteiger partial charge in [0.05, 0.1) is 23.9 Å². The molecule has 3 aromatic carbocycles. The number of H-pyrrole nitrogens is 1. The van der Waals surface area contributed by atoms with Crippen molar-refractivity contribution in [3.63, 3.8) is 0 Å². The molecule has 0 aliphatic rings. The van der Waals surface area contributed by atoms with Crippen LogP contribution in [-0.2, 0) is 0 Å². The van der Waals surface area contributed by atoms with Crippen LogP contribution in [0.4, 0.5) is 5.95 Å². The van der Waals surface area contributed by atoms with Crippen LogP contribution in [0, 0.1) is 0 Å². The van der Waals surface area contributed by atoms with E-state index in [2.05, 4.69) is 44.8 Å². The molecular formula is C20H18N4O. The highest BCUT2D eigenvalue weighted by Gasteiger charge is 2.03. The number of hydrogen-bond donors (Lipinski definition) is 2. The molecule has 0 fully saturated rings. The maximum Gasteiger partial charge on any atom is 0.222 e. The highest BCUT2D eigenvalue weighted by Crippen LogP contribution is 2.22. The molecule has 1 heterocycles. The summed E-state index contributed by atoms with van der Waals surface area (Å²) in [6, 6.07) is 20.2. The van der Waals surface area contributed by atoms with Crippen molar-refractivity contribution >= 4 is 33.5 Å². The molecule has 0 unspecified atom stereocenters. The predicted molar refractivity (Wildman–Crippen MR) is 102 cm³/mol. The zero-order valence-electron chi connectivity index (χ0n) is 14.1. The third-order valence-corrected chi connectivity index (χ3v) is 4.18. The molecule has 0 aliphatic carbocycles. The number of aromatic amines is 1. The Labute approximate surface area is 145 Å². The van der Waals surface area contributed by atoms with E-state index in [0.29, 0.717) is 5.95 Å². The average Bonchev–Trinajstić information content (AvgIpc) is 3.08. The lowest BCUT2D eigenvalue weighted by Gasteiger charge is -2.06. The molecule has 124 valence electrons. The summed E-state index contributed by atoms with van der Waals surface area (Å²) in [4.78, 5) is 7.66. The minimum atomic E-state index is 0.631. The van der Waals surface area contributed by atoms with Crippen molar-refractivity contribution in [1.82, 2.24) is 9.97 Å². The van der Waals surface area contributed by atoms with Gasteiger partial charge < -0.3 is 9.72 Å². The summed E-state index contributed by atoms with van der Waals surface area (Å²) in [5, 5.41) is 6.74. The highest BCUT2D eigenvalue weighted by atomic mass is 16.5. The Bertz CT molecular complexity index is 1050. The largest absolute Gasteiger partial charge is 0.497 e. The van der Waals surface area contributed by atoms with Crippen molar-refractivity contribution < 1.29 is 4.74 Å². The van der Waals surface area contributed by atoms with E-state index in [9.17, 15) is 0 Å². The molecule has 1 aromatic heterocycles. The number of nitrogens with zero attached hydrogens (tertiary/aromatic N) is 2. The van der Waals surface area contributed by atoms with Gasteiger partial charge in [-0.15, -0.1) is 0 Å². The van der Waals surface area contributed by atoms with Crippen molar-refractivity contribution in [2.45, 2.75) is 6.92 Å². The average molecular weight is 330 g/mol. The Balaban J connectivity index is 1.59. The van der Waals surface area contributed by atoms with Crippen LogP contribution in [0.5, 0.6) is 5.75 Å². The van der Waals surface area contributed by atoms with Gasteiger partial charge in [0, 0.05) is 0 Å². The maximum absolute atomic E-state index is 5.27. The first-order valence-corrected chi connectivity index (χ1v) is 8.06. The lowest BCUT2D eigenvalue weighted by Crippen LogP contribution is -2.00. The Morgan fingerprint density at radius 2 is 1.84 bits per heavy atom. The van der Waals surface area contributed by atoms with Crippen LogP contribution in [0.25, 0.3) is 21.8 Å². The SMILES string of the molecule is COc1ccc2cc(C(C)=NNc3nc4ccccc4[nH]3)ccc2c1. The molecule has 5 nitrogen and oxygen atoms in total. The quantitative estimate of drug-likeness (QED) is 0.426. The number of ether oxygens (including phenoxy) is 1. The van der Waals surface area contributed by atoms with Crippen molar-refractivity contribution in [2.75, 3.05) is 12.5 Å². The second kappa shape index (κ2) is 6.28. The standard InChI is InChI=1S/C20H18N4O/c1-13(23-24-20-21-18-5-3-4-6-19(18)22-20)14-7-8-16-12-17(25-2)10-9-15(16)11-14/h3-12H,1-2H3,(H2,21,22,24). The molecule has 0 saturated heterocycles. The number of fused-ring (bicyclic) bond motifs is 2. The molecular weight excluding hydrogens is 312 g/mol. The lowest BCUT2D eigenvalue weighted by atomic mass is 10.0. The molecule has 25 heavy (non-hydrogen) atoms.